The van der Waals surface area contributed by atoms with Gasteiger partial charge in [0.25, 0.3) is 0 Å². The van der Waals surface area contributed by atoms with E-state index in [1.54, 1.807) is 0 Å². The van der Waals surface area contributed by atoms with Crippen LogP contribution in [0.5, 0.6) is 0 Å². The van der Waals surface area contributed by atoms with Crippen LogP contribution in [0.15, 0.2) is 72.8 Å². The van der Waals surface area contributed by atoms with E-state index in [0.29, 0.717) is 18.4 Å². The highest BCUT2D eigenvalue weighted by molar-refractivity contribution is 5.71. The number of aliphatic hydroxyl groups excluding tert-OH is 2. The second kappa shape index (κ2) is 16.2. The number of unbranched alkanes of at least 4 members (excludes halogenated alkanes) is 3. The minimum atomic E-state index is -1.04. The number of carboxylic acid groups (broad SMARTS) is 1. The SMILES string of the molecule is CCCCCCc1c(CC(=O)O)ccc(C(O)CCCN2CCC(C(O)(c3ccccc3)c3ccccc3)CC2)c1CO. The summed E-state index contributed by atoms with van der Waals surface area (Å²) < 4.78 is 0. The van der Waals surface area contributed by atoms with Crippen molar-refractivity contribution in [2.75, 3.05) is 19.6 Å². The third-order valence-electron chi connectivity index (χ3n) is 9.26. The third-order valence-corrected chi connectivity index (χ3v) is 9.26. The van der Waals surface area contributed by atoms with Crippen molar-refractivity contribution in [3.63, 3.8) is 0 Å². The van der Waals surface area contributed by atoms with Crippen molar-refractivity contribution in [2.45, 2.75) is 89.4 Å². The molecule has 232 valence electrons. The fraction of sp³-hybridized carbons (Fsp3) is 0.486. The first-order chi connectivity index (χ1) is 20.9. The van der Waals surface area contributed by atoms with Crippen LogP contribution in [0.25, 0.3) is 0 Å². The smallest absolute Gasteiger partial charge is 0.307 e. The Hall–Kier alpha value is -3.03. The zero-order chi connectivity index (χ0) is 30.7. The molecule has 0 aliphatic carbocycles. The highest BCUT2D eigenvalue weighted by Gasteiger charge is 2.41. The van der Waals surface area contributed by atoms with Gasteiger partial charge in [-0.25, -0.2) is 0 Å². The van der Waals surface area contributed by atoms with Crippen molar-refractivity contribution in [3.8, 4) is 0 Å². The monoisotopic (exact) mass is 587 g/mol. The molecule has 4 rings (SSSR count). The van der Waals surface area contributed by atoms with Crippen molar-refractivity contribution in [3.05, 3.63) is 106 Å². The van der Waals surface area contributed by atoms with Crippen molar-refractivity contribution < 1.29 is 25.2 Å². The molecule has 3 aromatic rings. The van der Waals surface area contributed by atoms with Crippen LogP contribution in [0.2, 0.25) is 0 Å². The number of aliphatic hydroxyl groups is 3. The summed E-state index contributed by atoms with van der Waals surface area (Å²) in [6, 6.07) is 23.6. The summed E-state index contributed by atoms with van der Waals surface area (Å²) in [6.07, 6.45) is 7.30. The van der Waals surface area contributed by atoms with E-state index >= 15 is 0 Å². The molecular formula is C37H49NO5. The maximum Gasteiger partial charge on any atom is 0.307 e. The molecule has 0 bridgehead atoms. The van der Waals surface area contributed by atoms with E-state index in [0.717, 1.165) is 92.4 Å². The van der Waals surface area contributed by atoms with Gasteiger partial charge in [0, 0.05) is 0 Å². The van der Waals surface area contributed by atoms with Gasteiger partial charge in [-0.2, -0.15) is 0 Å². The number of likely N-dealkylation sites (tertiary alicyclic amines) is 1. The van der Waals surface area contributed by atoms with Crippen molar-refractivity contribution in [2.24, 2.45) is 5.92 Å². The van der Waals surface area contributed by atoms with Crippen LogP contribution in [-0.4, -0.2) is 50.9 Å². The number of hydrogen-bond acceptors (Lipinski definition) is 5. The lowest BCUT2D eigenvalue weighted by Crippen LogP contribution is -2.44. The summed E-state index contributed by atoms with van der Waals surface area (Å²) in [5, 5.41) is 43.1. The number of rotatable bonds is 16. The number of piperidine rings is 1. The molecule has 0 spiro atoms. The van der Waals surface area contributed by atoms with Crippen LogP contribution < -0.4 is 0 Å². The van der Waals surface area contributed by atoms with E-state index < -0.39 is 17.7 Å². The van der Waals surface area contributed by atoms with E-state index in [1.165, 1.54) is 0 Å². The molecule has 0 aromatic heterocycles. The first-order valence-electron chi connectivity index (χ1n) is 16.1. The Kier molecular flexibility index (Phi) is 12.4. The zero-order valence-electron chi connectivity index (χ0n) is 25.6. The molecule has 1 unspecified atom stereocenters. The van der Waals surface area contributed by atoms with E-state index in [4.69, 9.17) is 0 Å². The molecule has 6 heteroatoms. The van der Waals surface area contributed by atoms with Crippen LogP contribution in [0.3, 0.4) is 0 Å². The van der Waals surface area contributed by atoms with Gasteiger partial charge in [0.2, 0.25) is 0 Å². The molecule has 1 saturated heterocycles. The second-order valence-corrected chi connectivity index (χ2v) is 12.1. The Bertz CT molecular complexity index is 1230. The van der Waals surface area contributed by atoms with Crippen LogP contribution >= 0.6 is 0 Å². The number of aliphatic carboxylic acids is 1. The molecule has 0 saturated carbocycles. The molecule has 1 aliphatic heterocycles. The van der Waals surface area contributed by atoms with Gasteiger partial charge in [-0.15, -0.1) is 0 Å². The predicted octanol–water partition coefficient (Wildman–Crippen LogP) is 6.39. The van der Waals surface area contributed by atoms with Gasteiger partial charge in [0.15, 0.2) is 0 Å². The summed E-state index contributed by atoms with van der Waals surface area (Å²) >= 11 is 0. The average molecular weight is 588 g/mol. The molecule has 0 radical (unpaired) electrons. The Labute approximate surface area is 257 Å². The lowest BCUT2D eigenvalue weighted by atomic mass is 9.72. The van der Waals surface area contributed by atoms with E-state index in [1.807, 2.05) is 72.8 Å². The fourth-order valence-electron chi connectivity index (χ4n) is 6.89. The molecule has 43 heavy (non-hydrogen) atoms. The van der Waals surface area contributed by atoms with Crippen molar-refractivity contribution >= 4 is 5.97 Å². The zero-order valence-corrected chi connectivity index (χ0v) is 25.6. The number of nitrogens with zero attached hydrogens (tertiary/aromatic N) is 1. The lowest BCUT2D eigenvalue weighted by Gasteiger charge is -2.42. The van der Waals surface area contributed by atoms with E-state index in [9.17, 15) is 25.2 Å². The Balaban J connectivity index is 1.37. The van der Waals surface area contributed by atoms with Crippen molar-refractivity contribution in [1.29, 1.82) is 0 Å². The maximum atomic E-state index is 12.2. The molecule has 4 N–H and O–H groups in total. The van der Waals surface area contributed by atoms with Crippen LogP contribution in [0, 0.1) is 5.92 Å². The quantitative estimate of drug-likeness (QED) is 0.145. The topological polar surface area (TPSA) is 101 Å². The largest absolute Gasteiger partial charge is 0.481 e. The van der Waals surface area contributed by atoms with Crippen LogP contribution in [-0.2, 0) is 29.8 Å². The van der Waals surface area contributed by atoms with Gasteiger partial charge >= 0.3 is 5.97 Å². The molecular weight excluding hydrogens is 538 g/mol. The van der Waals surface area contributed by atoms with Gasteiger partial charge in [0.05, 0.1) is 19.1 Å². The molecule has 1 fully saturated rings. The number of carbonyl (C=O) groups is 1. The standard InChI is InChI=1S/C37H49NO5/c1-2-3-4-11-17-32-28(26-36(41)42)19-20-33(34(32)27-39)35(40)18-12-23-38-24-21-31(22-25-38)37(43,29-13-7-5-8-14-29)30-15-9-6-10-16-30/h5-10,13-16,19-20,31,35,39-40,43H,2-4,11-12,17-18,21-27H2,1H3,(H,41,42). The molecule has 1 aliphatic rings. The second-order valence-electron chi connectivity index (χ2n) is 12.1. The van der Waals surface area contributed by atoms with Gasteiger partial charge in [-0.3, -0.25) is 4.79 Å². The highest BCUT2D eigenvalue weighted by atomic mass is 16.4. The Morgan fingerprint density at radius 3 is 2.07 bits per heavy atom. The third kappa shape index (κ3) is 8.33. The highest BCUT2D eigenvalue weighted by Crippen LogP contribution is 2.42. The number of carboxylic acids is 1. The first kappa shape index (κ1) is 32.9. The predicted molar refractivity (Wildman–Crippen MR) is 171 cm³/mol. The molecule has 0 amide bonds. The average Bonchev–Trinajstić information content (AvgIpc) is 3.03. The summed E-state index contributed by atoms with van der Waals surface area (Å²) in [4.78, 5) is 13.9. The van der Waals surface area contributed by atoms with Gasteiger partial charge in [-0.1, -0.05) is 99.0 Å². The molecule has 3 aromatic carbocycles. The lowest BCUT2D eigenvalue weighted by molar-refractivity contribution is -0.136. The Morgan fingerprint density at radius 1 is 0.884 bits per heavy atom. The molecule has 6 nitrogen and oxygen atoms in total. The normalized spacial score (nSPS) is 15.4. The maximum absolute atomic E-state index is 12.2. The summed E-state index contributed by atoms with van der Waals surface area (Å²) in [7, 11) is 0. The fourth-order valence-corrected chi connectivity index (χ4v) is 6.89. The Morgan fingerprint density at radius 2 is 1.51 bits per heavy atom. The number of hydrogen-bond donors (Lipinski definition) is 4. The van der Waals surface area contributed by atoms with Crippen LogP contribution in [0.1, 0.15) is 97.8 Å². The van der Waals surface area contributed by atoms with E-state index in [2.05, 4.69) is 11.8 Å². The van der Waals surface area contributed by atoms with Gasteiger partial charge in [0.1, 0.15) is 5.60 Å². The summed E-state index contributed by atoms with van der Waals surface area (Å²) in [5.74, 6) is -0.784. The van der Waals surface area contributed by atoms with Gasteiger partial charge in [-0.05, 0) is 97.5 Å². The first-order valence-corrected chi connectivity index (χ1v) is 16.1. The molecule has 1 atom stereocenters. The number of benzene rings is 3. The summed E-state index contributed by atoms with van der Waals surface area (Å²) in [5.41, 5.74) is 3.87. The summed E-state index contributed by atoms with van der Waals surface area (Å²) in [6.45, 7) is 4.58. The van der Waals surface area contributed by atoms with Crippen LogP contribution in [0.4, 0.5) is 0 Å². The molecule has 1 heterocycles. The minimum absolute atomic E-state index is 0.0773. The van der Waals surface area contributed by atoms with E-state index in [-0.39, 0.29) is 18.9 Å². The van der Waals surface area contributed by atoms with Crippen molar-refractivity contribution in [1.82, 2.24) is 4.90 Å². The minimum Gasteiger partial charge on any atom is -0.481 e. The van der Waals surface area contributed by atoms with Gasteiger partial charge < -0.3 is 25.3 Å².